The second-order valence-corrected chi connectivity index (χ2v) is 6.60. The van der Waals surface area contributed by atoms with Crippen LogP contribution in [0.4, 0.5) is 8.87 Å². The molecule has 4 rings (SSSR count). The lowest BCUT2D eigenvalue weighted by Crippen LogP contribution is -2.38. The molecule has 0 bridgehead atoms. The smallest absolute Gasteiger partial charge is 0.245 e. The summed E-state index contributed by atoms with van der Waals surface area (Å²) < 4.78 is 33.1. The highest BCUT2D eigenvalue weighted by molar-refractivity contribution is 5.96. The van der Waals surface area contributed by atoms with E-state index in [4.69, 9.17) is 10.1 Å². The molecular weight excluding hydrogens is 364 g/mol. The SMILES string of the molecule is COc1ccc(C2(/C(=N/F)n3ncc(-c4ccc(F)cc4)nc3=N)CC2)cc1. The Morgan fingerprint density at radius 1 is 1.14 bits per heavy atom. The summed E-state index contributed by atoms with van der Waals surface area (Å²) in [4.78, 5) is 4.18. The Labute approximate surface area is 159 Å². The van der Waals surface area contributed by atoms with Crippen molar-refractivity contribution in [3.63, 3.8) is 0 Å². The number of hydrogen-bond acceptors (Lipinski definition) is 5. The predicted octanol–water partition coefficient (Wildman–Crippen LogP) is 3.44. The maximum Gasteiger partial charge on any atom is 0.245 e. The van der Waals surface area contributed by atoms with E-state index in [0.29, 0.717) is 29.8 Å². The van der Waals surface area contributed by atoms with Crippen molar-refractivity contribution in [2.45, 2.75) is 18.3 Å². The van der Waals surface area contributed by atoms with Crippen molar-refractivity contribution in [2.24, 2.45) is 5.21 Å². The molecule has 0 saturated heterocycles. The average Bonchev–Trinajstić information content (AvgIpc) is 3.52. The van der Waals surface area contributed by atoms with Crippen LogP contribution in [0.5, 0.6) is 5.75 Å². The van der Waals surface area contributed by atoms with E-state index >= 15 is 0 Å². The topological polar surface area (TPSA) is 76.2 Å². The van der Waals surface area contributed by atoms with Gasteiger partial charge in [-0.3, -0.25) is 5.41 Å². The van der Waals surface area contributed by atoms with Gasteiger partial charge in [-0.15, -0.1) is 0 Å². The van der Waals surface area contributed by atoms with Crippen molar-refractivity contribution in [3.8, 4) is 17.0 Å². The van der Waals surface area contributed by atoms with Gasteiger partial charge < -0.3 is 4.74 Å². The number of halogens is 2. The van der Waals surface area contributed by atoms with Gasteiger partial charge in [-0.05, 0) is 54.8 Å². The van der Waals surface area contributed by atoms with Crippen LogP contribution >= 0.6 is 0 Å². The van der Waals surface area contributed by atoms with Crippen molar-refractivity contribution in [1.82, 2.24) is 14.8 Å². The first-order chi connectivity index (χ1) is 13.6. The van der Waals surface area contributed by atoms with E-state index in [1.807, 2.05) is 12.1 Å². The summed E-state index contributed by atoms with van der Waals surface area (Å²) in [6.45, 7) is 0. The minimum absolute atomic E-state index is 0.0285. The molecule has 1 aliphatic rings. The molecule has 1 aromatic heterocycles. The molecule has 1 heterocycles. The fraction of sp³-hybridized carbons (Fsp3) is 0.200. The molecule has 0 amide bonds. The zero-order valence-corrected chi connectivity index (χ0v) is 15.1. The largest absolute Gasteiger partial charge is 0.497 e. The molecule has 0 radical (unpaired) electrons. The van der Waals surface area contributed by atoms with Crippen LogP contribution in [0.3, 0.4) is 0 Å². The Morgan fingerprint density at radius 3 is 2.36 bits per heavy atom. The molecule has 142 valence electrons. The first-order valence-corrected chi connectivity index (χ1v) is 8.69. The Balaban J connectivity index is 1.70. The van der Waals surface area contributed by atoms with E-state index in [-0.39, 0.29) is 17.3 Å². The summed E-state index contributed by atoms with van der Waals surface area (Å²) in [6, 6.07) is 13.0. The Kier molecular flexibility index (Phi) is 4.46. The van der Waals surface area contributed by atoms with E-state index in [9.17, 15) is 8.87 Å². The molecule has 28 heavy (non-hydrogen) atoms. The number of rotatable bonds is 4. The first kappa shape index (κ1) is 18.0. The third-order valence-corrected chi connectivity index (χ3v) is 4.96. The van der Waals surface area contributed by atoms with Crippen LogP contribution in [-0.4, -0.2) is 27.7 Å². The number of nitrogens with one attached hydrogen (secondary N) is 1. The van der Waals surface area contributed by atoms with Crippen LogP contribution in [0, 0.1) is 11.2 Å². The number of ether oxygens (including phenoxy) is 1. The van der Waals surface area contributed by atoms with Crippen molar-refractivity contribution >= 4 is 5.84 Å². The highest BCUT2D eigenvalue weighted by Crippen LogP contribution is 2.49. The van der Waals surface area contributed by atoms with Gasteiger partial charge in [-0.2, -0.15) is 9.78 Å². The lowest BCUT2D eigenvalue weighted by atomic mass is 9.94. The monoisotopic (exact) mass is 381 g/mol. The van der Waals surface area contributed by atoms with Gasteiger partial charge in [0.25, 0.3) is 0 Å². The van der Waals surface area contributed by atoms with Crippen LogP contribution in [0.1, 0.15) is 18.4 Å². The van der Waals surface area contributed by atoms with Crippen molar-refractivity contribution < 1.29 is 13.6 Å². The van der Waals surface area contributed by atoms with Crippen molar-refractivity contribution in [3.05, 3.63) is 71.7 Å². The standard InChI is InChI=1S/C20H17F2N5O/c1-28-16-8-4-14(5-9-16)20(10-11-20)18(26-22)27-19(23)25-17(12-24-27)13-2-6-15(21)7-3-13/h2-9,12,23H,10-11H2,1H3/b23-19?,26-18-. The number of aromatic nitrogens is 3. The van der Waals surface area contributed by atoms with Gasteiger partial charge in [0.1, 0.15) is 11.6 Å². The zero-order valence-electron chi connectivity index (χ0n) is 15.1. The van der Waals surface area contributed by atoms with Crippen LogP contribution in [0.25, 0.3) is 11.3 Å². The van der Waals surface area contributed by atoms with E-state index in [2.05, 4.69) is 15.3 Å². The normalized spacial score (nSPS) is 15.3. The number of nitrogens with zero attached hydrogens (tertiary/aromatic N) is 4. The van der Waals surface area contributed by atoms with Crippen LogP contribution < -0.4 is 10.4 Å². The lowest BCUT2D eigenvalue weighted by molar-refractivity contribution is 0.414. The highest BCUT2D eigenvalue weighted by atomic mass is 19.2. The fourth-order valence-electron chi connectivity index (χ4n) is 3.27. The predicted molar refractivity (Wildman–Crippen MR) is 99.1 cm³/mol. The molecule has 1 aliphatic carbocycles. The Hall–Kier alpha value is -3.42. The third-order valence-electron chi connectivity index (χ3n) is 4.96. The molecule has 2 aromatic carbocycles. The molecule has 1 fully saturated rings. The summed E-state index contributed by atoms with van der Waals surface area (Å²) in [5.41, 5.74) is 0.991. The third kappa shape index (κ3) is 3.06. The molecule has 1 saturated carbocycles. The molecule has 0 unspecified atom stereocenters. The van der Waals surface area contributed by atoms with Crippen molar-refractivity contribution in [2.75, 3.05) is 7.11 Å². The van der Waals surface area contributed by atoms with E-state index in [1.165, 1.54) is 18.3 Å². The molecule has 1 N–H and O–H groups in total. The van der Waals surface area contributed by atoms with Gasteiger partial charge in [0.2, 0.25) is 5.62 Å². The maximum atomic E-state index is 13.7. The van der Waals surface area contributed by atoms with Crippen LogP contribution in [0.2, 0.25) is 0 Å². The van der Waals surface area contributed by atoms with Gasteiger partial charge in [-0.1, -0.05) is 21.8 Å². The summed E-state index contributed by atoms with van der Waals surface area (Å²) >= 11 is 0. The minimum Gasteiger partial charge on any atom is -0.497 e. The van der Waals surface area contributed by atoms with Gasteiger partial charge in [-0.25, -0.2) is 9.37 Å². The number of methoxy groups -OCH3 is 1. The Morgan fingerprint density at radius 2 is 1.82 bits per heavy atom. The number of benzene rings is 2. The highest BCUT2D eigenvalue weighted by Gasteiger charge is 2.51. The van der Waals surface area contributed by atoms with Crippen molar-refractivity contribution in [1.29, 1.82) is 5.41 Å². The molecule has 3 aromatic rings. The van der Waals surface area contributed by atoms with E-state index in [0.717, 1.165) is 10.2 Å². The molecule has 8 heteroatoms. The summed E-state index contributed by atoms with van der Waals surface area (Å²) in [6.07, 6.45) is 2.80. The summed E-state index contributed by atoms with van der Waals surface area (Å²) in [7, 11) is 1.58. The summed E-state index contributed by atoms with van der Waals surface area (Å²) in [5, 5.41) is 15.4. The maximum absolute atomic E-state index is 13.7. The van der Waals surface area contributed by atoms with Gasteiger partial charge >= 0.3 is 0 Å². The van der Waals surface area contributed by atoms with Crippen LogP contribution in [0.15, 0.2) is 59.9 Å². The average molecular weight is 381 g/mol. The second-order valence-electron chi connectivity index (χ2n) is 6.60. The van der Waals surface area contributed by atoms with E-state index in [1.54, 1.807) is 31.4 Å². The zero-order chi connectivity index (χ0) is 19.7. The molecule has 6 nitrogen and oxygen atoms in total. The quantitative estimate of drug-likeness (QED) is 0.556. The van der Waals surface area contributed by atoms with Gasteiger partial charge in [0, 0.05) is 5.56 Å². The lowest BCUT2D eigenvalue weighted by Gasteiger charge is -2.18. The summed E-state index contributed by atoms with van der Waals surface area (Å²) in [5.74, 6) is 0.368. The van der Waals surface area contributed by atoms with Gasteiger partial charge in [0.05, 0.1) is 24.4 Å². The van der Waals surface area contributed by atoms with Gasteiger partial charge in [0.15, 0.2) is 5.84 Å². The molecule has 0 atom stereocenters. The Bertz CT molecular complexity index is 1090. The molecule has 0 aliphatic heterocycles. The van der Waals surface area contributed by atoms with E-state index < -0.39 is 5.41 Å². The second kappa shape index (κ2) is 6.95. The fourth-order valence-corrected chi connectivity index (χ4v) is 3.27. The minimum atomic E-state index is -0.645. The number of hydrogen-bond donors (Lipinski definition) is 1. The molecule has 0 spiro atoms. The van der Waals surface area contributed by atoms with Crippen LogP contribution in [-0.2, 0) is 5.41 Å². The molecular formula is C20H17F2N5O. The first-order valence-electron chi connectivity index (χ1n) is 8.69.